The van der Waals surface area contributed by atoms with Gasteiger partial charge in [-0.05, 0) is 28.1 Å². The molecule has 2 aromatic rings. The van der Waals surface area contributed by atoms with Crippen LogP contribution in [0.1, 0.15) is 0 Å². The fourth-order valence-electron chi connectivity index (χ4n) is 1.41. The third kappa shape index (κ3) is 3.18. The largest absolute Gasteiger partial charge is 0.573 e. The number of aromatic nitrogens is 2. The maximum atomic E-state index is 12.1. The second kappa shape index (κ2) is 5.00. The van der Waals surface area contributed by atoms with E-state index in [9.17, 15) is 23.3 Å². The van der Waals surface area contributed by atoms with Gasteiger partial charge in [0, 0.05) is 0 Å². The van der Waals surface area contributed by atoms with Crippen molar-refractivity contribution < 1.29 is 22.8 Å². The molecule has 20 heavy (non-hydrogen) atoms. The molecule has 0 aliphatic carbocycles. The Hall–Kier alpha value is -2.29. The molecule has 0 radical (unpaired) electrons. The molecule has 0 unspecified atom stereocenters. The van der Waals surface area contributed by atoms with E-state index in [1.54, 1.807) is 0 Å². The summed E-state index contributed by atoms with van der Waals surface area (Å²) in [5, 5.41) is 10.2. The first-order valence-corrected chi connectivity index (χ1v) is 5.38. The zero-order valence-corrected chi connectivity index (χ0v) is 10.2. The number of imidazole rings is 1. The van der Waals surface area contributed by atoms with Gasteiger partial charge in [-0.25, -0.2) is 0 Å². The van der Waals surface area contributed by atoms with Gasteiger partial charge in [0.2, 0.25) is 6.33 Å². The predicted molar refractivity (Wildman–Crippen MR) is 61.9 cm³/mol. The summed E-state index contributed by atoms with van der Waals surface area (Å²) in [5.41, 5.74) is 0.310. The summed E-state index contributed by atoms with van der Waals surface area (Å²) in [6.07, 6.45) is -2.59. The number of hydrogen-bond donors (Lipinski definition) is 0. The Morgan fingerprint density at radius 3 is 2.60 bits per heavy atom. The van der Waals surface area contributed by atoms with Gasteiger partial charge in [-0.1, -0.05) is 11.6 Å². The molecule has 1 aromatic heterocycles. The lowest BCUT2D eigenvalue weighted by molar-refractivity contribution is -0.389. The molecule has 0 aliphatic rings. The average Bonchev–Trinajstić information content (AvgIpc) is 2.79. The van der Waals surface area contributed by atoms with Crippen LogP contribution in [0.5, 0.6) is 5.75 Å². The molecule has 0 atom stereocenters. The average molecular weight is 308 g/mol. The molecule has 0 saturated heterocycles. The fourth-order valence-corrected chi connectivity index (χ4v) is 1.62. The van der Waals surface area contributed by atoms with Crippen LogP contribution in [-0.2, 0) is 0 Å². The summed E-state index contributed by atoms with van der Waals surface area (Å²) in [6, 6.07) is 3.45. The van der Waals surface area contributed by atoms with Crippen LogP contribution >= 0.6 is 11.6 Å². The Labute approximate surface area is 114 Å². The van der Waals surface area contributed by atoms with Crippen molar-refractivity contribution in [3.63, 3.8) is 0 Å². The molecular formula is C10H5ClF3N3O3. The lowest BCUT2D eigenvalue weighted by Gasteiger charge is -2.11. The van der Waals surface area contributed by atoms with Crippen molar-refractivity contribution in [2.45, 2.75) is 6.36 Å². The molecule has 0 spiro atoms. The normalized spacial score (nSPS) is 11.4. The van der Waals surface area contributed by atoms with Gasteiger partial charge in [-0.15, -0.1) is 13.2 Å². The van der Waals surface area contributed by atoms with E-state index in [1.165, 1.54) is 16.7 Å². The van der Waals surface area contributed by atoms with Crippen LogP contribution in [0.3, 0.4) is 0 Å². The molecule has 0 fully saturated rings. The summed E-state index contributed by atoms with van der Waals surface area (Å²) in [5.74, 6) is -0.950. The molecule has 0 saturated carbocycles. The van der Waals surface area contributed by atoms with Crippen LogP contribution in [-0.4, -0.2) is 20.8 Å². The van der Waals surface area contributed by atoms with Gasteiger partial charge in [0.15, 0.2) is 0 Å². The summed E-state index contributed by atoms with van der Waals surface area (Å²) >= 11 is 5.66. The van der Waals surface area contributed by atoms with E-state index in [1.807, 2.05) is 0 Å². The number of halogens is 4. The number of rotatable bonds is 3. The van der Waals surface area contributed by atoms with Gasteiger partial charge in [0.05, 0.1) is 10.7 Å². The molecule has 106 valence electrons. The highest BCUT2D eigenvalue weighted by molar-refractivity contribution is 6.32. The number of alkyl halides is 3. The Kier molecular flexibility index (Phi) is 3.53. The molecule has 0 amide bonds. The molecule has 0 bridgehead atoms. The van der Waals surface area contributed by atoms with Crippen LogP contribution in [0, 0.1) is 10.1 Å². The van der Waals surface area contributed by atoms with E-state index in [-0.39, 0.29) is 5.02 Å². The van der Waals surface area contributed by atoms with Crippen LogP contribution in [0.25, 0.3) is 5.69 Å². The molecular weight excluding hydrogens is 303 g/mol. The van der Waals surface area contributed by atoms with Crippen molar-refractivity contribution in [1.82, 2.24) is 9.55 Å². The predicted octanol–water partition coefficient (Wildman–Crippen LogP) is 3.33. The highest BCUT2D eigenvalue weighted by Gasteiger charge is 2.32. The minimum atomic E-state index is -4.85. The van der Waals surface area contributed by atoms with E-state index in [0.29, 0.717) is 5.69 Å². The maximum Gasteiger partial charge on any atom is 0.573 e. The third-order valence-electron chi connectivity index (χ3n) is 2.20. The third-order valence-corrected chi connectivity index (χ3v) is 2.49. The highest BCUT2D eigenvalue weighted by atomic mass is 35.5. The van der Waals surface area contributed by atoms with E-state index < -0.39 is 22.9 Å². The molecule has 1 aromatic carbocycles. The molecule has 2 rings (SSSR count). The zero-order chi connectivity index (χ0) is 14.9. The zero-order valence-electron chi connectivity index (χ0n) is 9.46. The number of hydrogen-bond acceptors (Lipinski definition) is 4. The van der Waals surface area contributed by atoms with Gasteiger partial charge < -0.3 is 14.9 Å². The Morgan fingerprint density at radius 1 is 1.40 bits per heavy atom. The second-order valence-corrected chi connectivity index (χ2v) is 3.97. The number of nitro groups is 1. The standard InChI is InChI=1S/C10H5ClF3N3O3/c11-7-3-6(1-2-8(7)20-10(12,13)14)16-4-9(15-5-16)17(18)19/h1-5H. The fraction of sp³-hybridized carbons (Fsp3) is 0.100. The van der Waals surface area contributed by atoms with Crippen LogP contribution in [0.2, 0.25) is 5.02 Å². The topological polar surface area (TPSA) is 70.2 Å². The summed E-state index contributed by atoms with van der Waals surface area (Å²) in [7, 11) is 0. The lowest BCUT2D eigenvalue weighted by atomic mass is 10.3. The van der Waals surface area contributed by atoms with E-state index in [4.69, 9.17) is 11.6 Å². The first-order chi connectivity index (χ1) is 9.26. The van der Waals surface area contributed by atoms with E-state index in [0.717, 1.165) is 18.6 Å². The van der Waals surface area contributed by atoms with Gasteiger partial charge in [0.1, 0.15) is 11.9 Å². The SMILES string of the molecule is O=[N+]([O-])c1cn(-c2ccc(OC(F)(F)F)c(Cl)c2)cn1. The van der Waals surface area contributed by atoms with Crippen LogP contribution in [0.4, 0.5) is 19.0 Å². The van der Waals surface area contributed by atoms with Gasteiger partial charge in [0.25, 0.3) is 0 Å². The van der Waals surface area contributed by atoms with E-state index >= 15 is 0 Å². The van der Waals surface area contributed by atoms with Crippen molar-refractivity contribution >= 4 is 17.4 Å². The van der Waals surface area contributed by atoms with Crippen molar-refractivity contribution in [3.8, 4) is 11.4 Å². The monoisotopic (exact) mass is 307 g/mol. The Bertz CT molecular complexity index is 657. The molecule has 6 nitrogen and oxygen atoms in total. The van der Waals surface area contributed by atoms with Gasteiger partial charge in [-0.3, -0.25) is 4.57 Å². The highest BCUT2D eigenvalue weighted by Crippen LogP contribution is 2.31. The van der Waals surface area contributed by atoms with Crippen molar-refractivity contribution in [3.05, 3.63) is 45.9 Å². The maximum absolute atomic E-state index is 12.1. The molecule has 0 aliphatic heterocycles. The number of nitrogens with zero attached hydrogens (tertiary/aromatic N) is 3. The molecule has 10 heteroatoms. The van der Waals surface area contributed by atoms with E-state index in [2.05, 4.69) is 9.72 Å². The van der Waals surface area contributed by atoms with Crippen molar-refractivity contribution in [1.29, 1.82) is 0 Å². The lowest BCUT2D eigenvalue weighted by Crippen LogP contribution is -2.17. The molecule has 1 heterocycles. The van der Waals surface area contributed by atoms with Crippen molar-refractivity contribution in [2.24, 2.45) is 0 Å². The molecule has 0 N–H and O–H groups in total. The minimum absolute atomic E-state index is 0.281. The van der Waals surface area contributed by atoms with Gasteiger partial charge in [-0.2, -0.15) is 0 Å². The second-order valence-electron chi connectivity index (χ2n) is 3.56. The smallest absolute Gasteiger partial charge is 0.404 e. The Balaban J connectivity index is 2.30. The van der Waals surface area contributed by atoms with Crippen LogP contribution < -0.4 is 4.74 Å². The number of benzene rings is 1. The first kappa shape index (κ1) is 14.1. The summed E-state index contributed by atoms with van der Waals surface area (Å²) < 4.78 is 41.2. The summed E-state index contributed by atoms with van der Waals surface area (Å²) in [6.45, 7) is 0. The Morgan fingerprint density at radius 2 is 2.10 bits per heavy atom. The number of ether oxygens (including phenoxy) is 1. The van der Waals surface area contributed by atoms with Crippen LogP contribution in [0.15, 0.2) is 30.7 Å². The first-order valence-electron chi connectivity index (χ1n) is 5.00. The summed E-state index contributed by atoms with van der Waals surface area (Å²) in [4.78, 5) is 13.3. The van der Waals surface area contributed by atoms with Gasteiger partial charge >= 0.3 is 12.2 Å². The van der Waals surface area contributed by atoms with Crippen molar-refractivity contribution in [2.75, 3.05) is 0 Å². The minimum Gasteiger partial charge on any atom is -0.404 e. The quantitative estimate of drug-likeness (QED) is 0.644.